The van der Waals surface area contributed by atoms with Crippen molar-refractivity contribution in [1.82, 2.24) is 25.5 Å². The lowest BCUT2D eigenvalue weighted by Crippen LogP contribution is -2.22. The molecule has 0 radical (unpaired) electrons. The van der Waals surface area contributed by atoms with Gasteiger partial charge in [-0.1, -0.05) is 24.3 Å². The largest absolute Gasteiger partial charge is 0.348 e. The quantitative estimate of drug-likeness (QED) is 0.644. The Balaban J connectivity index is 1.63. The fourth-order valence-corrected chi connectivity index (χ4v) is 2.93. The lowest BCUT2D eigenvalue weighted by atomic mass is 10.1. The van der Waals surface area contributed by atoms with Gasteiger partial charge in [-0.15, -0.1) is 10.2 Å². The Morgan fingerprint density at radius 1 is 1.11 bits per heavy atom. The molecule has 1 heterocycles. The van der Waals surface area contributed by atoms with Crippen LogP contribution in [0.2, 0.25) is 0 Å². The molecule has 0 bridgehead atoms. The van der Waals surface area contributed by atoms with E-state index in [2.05, 4.69) is 20.7 Å². The highest BCUT2D eigenvalue weighted by atomic mass is 32.2. The first kappa shape index (κ1) is 19.6. The van der Waals surface area contributed by atoms with Gasteiger partial charge in [0.1, 0.15) is 0 Å². The number of benzene rings is 2. The molecule has 0 fully saturated rings. The van der Waals surface area contributed by atoms with Crippen molar-refractivity contribution < 1.29 is 13.2 Å². The highest BCUT2D eigenvalue weighted by Crippen LogP contribution is 2.16. The second kappa shape index (κ2) is 7.87. The standard InChI is InChI=1S/C18H20N6O3S/c1-12(2)24-22-17(21-23-24)14-5-7-15(8-6-14)18(25)20-11-13-3-9-16(10-4-13)28(19,26)27/h3-10,12H,11H2,1-2H3,(H,20,25)(H2,19,26,27). The first-order chi connectivity index (χ1) is 13.2. The number of sulfonamides is 1. The van der Waals surface area contributed by atoms with Crippen molar-refractivity contribution in [2.24, 2.45) is 5.14 Å². The van der Waals surface area contributed by atoms with Crippen LogP contribution in [0.4, 0.5) is 0 Å². The summed E-state index contributed by atoms with van der Waals surface area (Å²) in [6.07, 6.45) is 0. The van der Waals surface area contributed by atoms with Gasteiger partial charge in [0, 0.05) is 17.7 Å². The van der Waals surface area contributed by atoms with Crippen LogP contribution in [-0.2, 0) is 16.6 Å². The van der Waals surface area contributed by atoms with Crippen molar-refractivity contribution in [3.63, 3.8) is 0 Å². The SMILES string of the molecule is CC(C)n1nnc(-c2ccc(C(=O)NCc3ccc(S(N)(=O)=O)cc3)cc2)n1. The summed E-state index contributed by atoms with van der Waals surface area (Å²) in [5.41, 5.74) is 2.01. The molecule has 0 aliphatic heterocycles. The van der Waals surface area contributed by atoms with Crippen molar-refractivity contribution >= 4 is 15.9 Å². The number of hydrogen-bond acceptors (Lipinski definition) is 6. The Kier molecular flexibility index (Phi) is 5.52. The third-order valence-electron chi connectivity index (χ3n) is 4.00. The van der Waals surface area contributed by atoms with E-state index < -0.39 is 10.0 Å². The smallest absolute Gasteiger partial charge is 0.251 e. The molecule has 1 aromatic heterocycles. The Labute approximate surface area is 162 Å². The van der Waals surface area contributed by atoms with Crippen molar-refractivity contribution in [2.75, 3.05) is 0 Å². The number of carbonyl (C=O) groups is 1. The number of aromatic nitrogens is 4. The molecule has 146 valence electrons. The van der Waals surface area contributed by atoms with E-state index in [1.54, 1.807) is 36.4 Å². The van der Waals surface area contributed by atoms with Gasteiger partial charge in [0.2, 0.25) is 15.8 Å². The van der Waals surface area contributed by atoms with Crippen LogP contribution in [0.15, 0.2) is 53.4 Å². The summed E-state index contributed by atoms with van der Waals surface area (Å²) in [5.74, 6) is 0.247. The molecule has 0 saturated carbocycles. The predicted octanol–water partition coefficient (Wildman–Crippen LogP) is 1.50. The van der Waals surface area contributed by atoms with E-state index in [-0.39, 0.29) is 23.4 Å². The van der Waals surface area contributed by atoms with Crippen LogP contribution in [0.5, 0.6) is 0 Å². The first-order valence-electron chi connectivity index (χ1n) is 8.54. The van der Waals surface area contributed by atoms with Crippen LogP contribution in [0, 0.1) is 0 Å². The fourth-order valence-electron chi connectivity index (χ4n) is 2.41. The molecule has 3 aromatic rings. The van der Waals surface area contributed by atoms with Gasteiger partial charge in [0.05, 0.1) is 10.9 Å². The molecule has 3 rings (SSSR count). The minimum Gasteiger partial charge on any atom is -0.348 e. The zero-order chi connectivity index (χ0) is 20.3. The Bertz CT molecular complexity index is 1070. The van der Waals surface area contributed by atoms with Gasteiger partial charge in [-0.3, -0.25) is 4.79 Å². The van der Waals surface area contributed by atoms with Crippen LogP contribution < -0.4 is 10.5 Å². The number of nitrogens with zero attached hydrogens (tertiary/aromatic N) is 4. The van der Waals surface area contributed by atoms with Gasteiger partial charge in [0.25, 0.3) is 5.91 Å². The average Bonchev–Trinajstić information content (AvgIpc) is 3.16. The summed E-state index contributed by atoms with van der Waals surface area (Å²) in [6.45, 7) is 4.18. The molecule has 1 amide bonds. The Hall–Kier alpha value is -3.11. The summed E-state index contributed by atoms with van der Waals surface area (Å²) < 4.78 is 22.5. The van der Waals surface area contributed by atoms with Gasteiger partial charge in [-0.25, -0.2) is 13.6 Å². The molecule has 3 N–H and O–H groups in total. The van der Waals surface area contributed by atoms with Crippen molar-refractivity contribution in [3.8, 4) is 11.4 Å². The normalized spacial score (nSPS) is 11.6. The Morgan fingerprint density at radius 2 is 1.75 bits per heavy atom. The molecule has 0 unspecified atom stereocenters. The molecule has 0 spiro atoms. The molecule has 0 atom stereocenters. The first-order valence-corrected chi connectivity index (χ1v) is 10.1. The van der Waals surface area contributed by atoms with Crippen LogP contribution in [0.1, 0.15) is 35.8 Å². The van der Waals surface area contributed by atoms with Crippen molar-refractivity contribution in [3.05, 3.63) is 59.7 Å². The maximum Gasteiger partial charge on any atom is 0.251 e. The summed E-state index contributed by atoms with van der Waals surface area (Å²) >= 11 is 0. The van der Waals surface area contributed by atoms with Gasteiger partial charge in [-0.2, -0.15) is 4.80 Å². The number of tetrazole rings is 1. The van der Waals surface area contributed by atoms with Crippen molar-refractivity contribution in [2.45, 2.75) is 31.3 Å². The van der Waals surface area contributed by atoms with Crippen LogP contribution >= 0.6 is 0 Å². The molecule has 0 aliphatic rings. The lowest BCUT2D eigenvalue weighted by molar-refractivity contribution is 0.0951. The third-order valence-corrected chi connectivity index (χ3v) is 4.93. The van der Waals surface area contributed by atoms with Gasteiger partial charge in [-0.05, 0) is 48.9 Å². The number of nitrogens with one attached hydrogen (secondary N) is 1. The third kappa shape index (κ3) is 4.59. The number of nitrogens with two attached hydrogens (primary N) is 1. The van der Waals surface area contributed by atoms with Crippen LogP contribution in [-0.4, -0.2) is 34.5 Å². The van der Waals surface area contributed by atoms with Crippen LogP contribution in [0.3, 0.4) is 0 Å². The Morgan fingerprint density at radius 3 is 2.29 bits per heavy atom. The molecular weight excluding hydrogens is 380 g/mol. The van der Waals surface area contributed by atoms with Gasteiger partial charge in [0.15, 0.2) is 0 Å². The monoisotopic (exact) mass is 400 g/mol. The van der Waals surface area contributed by atoms with E-state index in [1.807, 2.05) is 13.8 Å². The zero-order valence-corrected chi connectivity index (χ0v) is 16.2. The van der Waals surface area contributed by atoms with E-state index in [4.69, 9.17) is 5.14 Å². The van der Waals surface area contributed by atoms with E-state index >= 15 is 0 Å². The number of hydrogen-bond donors (Lipinski definition) is 2. The maximum atomic E-state index is 12.3. The highest BCUT2D eigenvalue weighted by molar-refractivity contribution is 7.89. The minimum atomic E-state index is -3.73. The van der Waals surface area contributed by atoms with Gasteiger partial charge < -0.3 is 5.32 Å². The summed E-state index contributed by atoms with van der Waals surface area (Å²) in [4.78, 5) is 13.9. The zero-order valence-electron chi connectivity index (χ0n) is 15.4. The lowest BCUT2D eigenvalue weighted by Gasteiger charge is -2.07. The van der Waals surface area contributed by atoms with Crippen LogP contribution in [0.25, 0.3) is 11.4 Å². The van der Waals surface area contributed by atoms with E-state index in [0.29, 0.717) is 11.4 Å². The second-order valence-corrected chi connectivity index (χ2v) is 8.04. The van der Waals surface area contributed by atoms with Crippen molar-refractivity contribution in [1.29, 1.82) is 0 Å². The topological polar surface area (TPSA) is 133 Å². The summed E-state index contributed by atoms with van der Waals surface area (Å²) in [5, 5.41) is 20.1. The molecule has 10 heteroatoms. The van der Waals surface area contributed by atoms with Gasteiger partial charge >= 0.3 is 0 Å². The van der Waals surface area contributed by atoms with E-state index in [0.717, 1.165) is 11.1 Å². The van der Waals surface area contributed by atoms with E-state index in [1.165, 1.54) is 16.9 Å². The molecule has 2 aromatic carbocycles. The second-order valence-electron chi connectivity index (χ2n) is 6.48. The number of primary sulfonamides is 1. The molecule has 0 aliphatic carbocycles. The number of carbonyl (C=O) groups excluding carboxylic acids is 1. The molecule has 9 nitrogen and oxygen atoms in total. The fraction of sp³-hybridized carbons (Fsp3) is 0.222. The summed E-state index contributed by atoms with van der Waals surface area (Å²) in [6, 6.07) is 13.0. The highest BCUT2D eigenvalue weighted by Gasteiger charge is 2.11. The minimum absolute atomic E-state index is 0.0289. The number of amides is 1. The predicted molar refractivity (Wildman–Crippen MR) is 103 cm³/mol. The summed E-state index contributed by atoms with van der Waals surface area (Å²) in [7, 11) is -3.73. The van der Waals surface area contributed by atoms with E-state index in [9.17, 15) is 13.2 Å². The molecular formula is C18H20N6O3S. The maximum absolute atomic E-state index is 12.3. The average molecular weight is 400 g/mol. The molecule has 28 heavy (non-hydrogen) atoms. The number of rotatable bonds is 6. The molecule has 0 saturated heterocycles.